The van der Waals surface area contributed by atoms with Crippen LogP contribution in [0, 0.1) is 6.92 Å². The third kappa shape index (κ3) is 6.82. The van der Waals surface area contributed by atoms with E-state index in [1.165, 1.54) is 4.90 Å². The number of ether oxygens (including phenoxy) is 3. The van der Waals surface area contributed by atoms with Crippen LogP contribution in [0.3, 0.4) is 0 Å². The molecule has 9 heteroatoms. The molecule has 0 bridgehead atoms. The molecule has 9 nitrogen and oxygen atoms in total. The van der Waals surface area contributed by atoms with Gasteiger partial charge in [0, 0.05) is 36.7 Å². The number of imidazole rings is 1. The second kappa shape index (κ2) is 12.7. The topological polar surface area (TPSA) is 94.9 Å². The summed E-state index contributed by atoms with van der Waals surface area (Å²) in [6, 6.07) is 22.2. The van der Waals surface area contributed by atoms with E-state index in [1.54, 1.807) is 38.0 Å². The molecule has 0 spiro atoms. The summed E-state index contributed by atoms with van der Waals surface area (Å²) in [6.45, 7) is 2.35. The average Bonchev–Trinajstić information content (AvgIpc) is 3.38. The summed E-state index contributed by atoms with van der Waals surface area (Å²) in [5.41, 5.74) is 3.80. The lowest BCUT2D eigenvalue weighted by Crippen LogP contribution is -2.40. The van der Waals surface area contributed by atoms with Crippen molar-refractivity contribution in [2.24, 2.45) is 0 Å². The van der Waals surface area contributed by atoms with Gasteiger partial charge in [-0.2, -0.15) is 0 Å². The molecule has 1 N–H and O–H groups in total. The fourth-order valence-corrected chi connectivity index (χ4v) is 4.00. The van der Waals surface area contributed by atoms with Gasteiger partial charge in [0.05, 0.1) is 26.5 Å². The third-order valence-corrected chi connectivity index (χ3v) is 6.16. The predicted molar refractivity (Wildman–Crippen MR) is 150 cm³/mol. The van der Waals surface area contributed by atoms with Gasteiger partial charge < -0.3 is 19.1 Å². The van der Waals surface area contributed by atoms with Crippen LogP contribution in [0.2, 0.25) is 0 Å². The number of methoxy groups -OCH3 is 3. The number of anilines is 1. The summed E-state index contributed by atoms with van der Waals surface area (Å²) >= 11 is 0. The SMILES string of the molecule is COCCN(CC(=O)Nc1nc(-c2cccc(OC)c2)cn1-c1ccc(OC)cc1)C(=O)c1ccc(C)cc1. The highest BCUT2D eigenvalue weighted by Gasteiger charge is 2.21. The van der Waals surface area contributed by atoms with Crippen molar-refractivity contribution < 1.29 is 23.8 Å². The smallest absolute Gasteiger partial charge is 0.254 e. The van der Waals surface area contributed by atoms with Gasteiger partial charge >= 0.3 is 0 Å². The molecule has 1 aromatic heterocycles. The monoisotopic (exact) mass is 528 g/mol. The Morgan fingerprint density at radius 2 is 1.64 bits per heavy atom. The van der Waals surface area contributed by atoms with E-state index in [0.717, 1.165) is 16.8 Å². The van der Waals surface area contributed by atoms with Gasteiger partial charge in [0.15, 0.2) is 0 Å². The normalized spacial score (nSPS) is 10.7. The molecule has 2 amide bonds. The standard InChI is InChI=1S/C30H32N4O5/c1-21-8-10-22(11-9-21)29(36)33(16-17-37-2)20-28(35)32-30-31-27(23-6-5-7-26(18-23)39-4)19-34(30)24-12-14-25(38-3)15-13-24/h5-15,18-19H,16-17,20H2,1-4H3,(H,31,32,35). The number of hydrogen-bond acceptors (Lipinski definition) is 6. The molecular formula is C30H32N4O5. The average molecular weight is 529 g/mol. The van der Waals surface area contributed by atoms with E-state index in [0.29, 0.717) is 35.3 Å². The number of nitrogens with zero attached hydrogens (tertiary/aromatic N) is 3. The van der Waals surface area contributed by atoms with Crippen molar-refractivity contribution in [1.29, 1.82) is 0 Å². The minimum absolute atomic E-state index is 0.167. The van der Waals surface area contributed by atoms with Gasteiger partial charge in [0.25, 0.3) is 5.91 Å². The Kier molecular flexibility index (Phi) is 8.96. The molecule has 0 radical (unpaired) electrons. The number of hydrogen-bond donors (Lipinski definition) is 1. The minimum atomic E-state index is -0.385. The van der Waals surface area contributed by atoms with Crippen LogP contribution in [0.1, 0.15) is 15.9 Å². The molecule has 0 aliphatic heterocycles. The number of rotatable bonds is 11. The summed E-state index contributed by atoms with van der Waals surface area (Å²) in [6.07, 6.45) is 1.84. The zero-order valence-electron chi connectivity index (χ0n) is 22.5. The van der Waals surface area contributed by atoms with Crippen LogP contribution < -0.4 is 14.8 Å². The van der Waals surface area contributed by atoms with E-state index in [1.807, 2.05) is 73.8 Å². The maximum atomic E-state index is 13.3. The first-order valence-corrected chi connectivity index (χ1v) is 12.4. The molecule has 0 fully saturated rings. The Balaban J connectivity index is 1.62. The van der Waals surface area contributed by atoms with Gasteiger partial charge in [-0.25, -0.2) is 4.98 Å². The van der Waals surface area contributed by atoms with Crippen molar-refractivity contribution in [3.05, 3.63) is 90.1 Å². The fraction of sp³-hybridized carbons (Fsp3) is 0.233. The Hall–Kier alpha value is -4.63. The second-order valence-electron chi connectivity index (χ2n) is 8.88. The van der Waals surface area contributed by atoms with E-state index in [-0.39, 0.29) is 24.9 Å². The highest BCUT2D eigenvalue weighted by atomic mass is 16.5. The van der Waals surface area contributed by atoms with Crippen molar-refractivity contribution in [3.63, 3.8) is 0 Å². The lowest BCUT2D eigenvalue weighted by Gasteiger charge is -2.22. The first kappa shape index (κ1) is 27.4. The molecule has 0 aliphatic rings. The Morgan fingerprint density at radius 1 is 0.923 bits per heavy atom. The van der Waals surface area contributed by atoms with Crippen LogP contribution in [0.4, 0.5) is 5.95 Å². The molecule has 0 unspecified atom stereocenters. The molecule has 1 heterocycles. The van der Waals surface area contributed by atoms with Crippen molar-refractivity contribution in [1.82, 2.24) is 14.5 Å². The van der Waals surface area contributed by atoms with Gasteiger partial charge in [-0.15, -0.1) is 0 Å². The maximum Gasteiger partial charge on any atom is 0.254 e. The number of carbonyl (C=O) groups is 2. The summed E-state index contributed by atoms with van der Waals surface area (Å²) in [5.74, 6) is 1.08. The lowest BCUT2D eigenvalue weighted by atomic mass is 10.1. The van der Waals surface area contributed by atoms with Gasteiger partial charge in [-0.05, 0) is 55.5 Å². The molecule has 0 saturated heterocycles. The second-order valence-corrected chi connectivity index (χ2v) is 8.88. The van der Waals surface area contributed by atoms with Crippen LogP contribution in [-0.4, -0.2) is 67.3 Å². The lowest BCUT2D eigenvalue weighted by molar-refractivity contribution is -0.117. The van der Waals surface area contributed by atoms with Crippen molar-refractivity contribution >= 4 is 17.8 Å². The summed E-state index contributed by atoms with van der Waals surface area (Å²) in [4.78, 5) is 32.6. The van der Waals surface area contributed by atoms with Gasteiger partial charge in [0.2, 0.25) is 11.9 Å². The van der Waals surface area contributed by atoms with Crippen molar-refractivity contribution in [2.45, 2.75) is 6.92 Å². The van der Waals surface area contributed by atoms with E-state index < -0.39 is 0 Å². The zero-order chi connectivity index (χ0) is 27.8. The quantitative estimate of drug-likeness (QED) is 0.306. The van der Waals surface area contributed by atoms with Crippen LogP contribution in [0.5, 0.6) is 11.5 Å². The molecule has 0 saturated carbocycles. The molecular weight excluding hydrogens is 496 g/mol. The summed E-state index contributed by atoms with van der Waals surface area (Å²) in [7, 11) is 4.76. The van der Waals surface area contributed by atoms with E-state index >= 15 is 0 Å². The van der Waals surface area contributed by atoms with Crippen LogP contribution in [0.15, 0.2) is 79.0 Å². The number of amides is 2. The molecule has 202 valence electrons. The zero-order valence-corrected chi connectivity index (χ0v) is 22.5. The van der Waals surface area contributed by atoms with E-state index in [9.17, 15) is 9.59 Å². The first-order valence-electron chi connectivity index (χ1n) is 12.4. The van der Waals surface area contributed by atoms with Crippen LogP contribution >= 0.6 is 0 Å². The number of aromatic nitrogens is 2. The molecule has 39 heavy (non-hydrogen) atoms. The molecule has 0 aliphatic carbocycles. The summed E-state index contributed by atoms with van der Waals surface area (Å²) < 4.78 is 17.6. The third-order valence-electron chi connectivity index (χ3n) is 6.16. The molecule has 3 aromatic carbocycles. The Labute approximate surface area is 227 Å². The predicted octanol–water partition coefficient (Wildman–Crippen LogP) is 4.59. The highest BCUT2D eigenvalue weighted by molar-refractivity contribution is 5.99. The number of aryl methyl sites for hydroxylation is 1. The van der Waals surface area contributed by atoms with Crippen molar-refractivity contribution in [2.75, 3.05) is 46.3 Å². The van der Waals surface area contributed by atoms with Crippen LogP contribution in [0.25, 0.3) is 16.9 Å². The molecule has 4 aromatic rings. The van der Waals surface area contributed by atoms with Crippen molar-refractivity contribution in [3.8, 4) is 28.4 Å². The Morgan fingerprint density at radius 3 is 2.31 bits per heavy atom. The van der Waals surface area contributed by atoms with Crippen LogP contribution in [-0.2, 0) is 9.53 Å². The summed E-state index contributed by atoms with van der Waals surface area (Å²) in [5, 5.41) is 2.89. The minimum Gasteiger partial charge on any atom is -0.497 e. The van der Waals surface area contributed by atoms with Gasteiger partial charge in [-0.1, -0.05) is 29.8 Å². The largest absolute Gasteiger partial charge is 0.497 e. The highest BCUT2D eigenvalue weighted by Crippen LogP contribution is 2.27. The van der Waals surface area contributed by atoms with E-state index in [2.05, 4.69) is 5.32 Å². The Bertz CT molecular complexity index is 1410. The molecule has 0 atom stereocenters. The van der Waals surface area contributed by atoms with Gasteiger partial charge in [-0.3, -0.25) is 19.5 Å². The number of nitrogens with one attached hydrogen (secondary N) is 1. The first-order chi connectivity index (χ1) is 18.9. The molecule has 4 rings (SSSR count). The van der Waals surface area contributed by atoms with E-state index in [4.69, 9.17) is 19.2 Å². The fourth-order valence-electron chi connectivity index (χ4n) is 4.00. The maximum absolute atomic E-state index is 13.3. The number of carbonyl (C=O) groups excluding carboxylic acids is 2. The van der Waals surface area contributed by atoms with Gasteiger partial charge in [0.1, 0.15) is 18.0 Å². The number of benzene rings is 3.